The molecule has 0 spiro atoms. The second kappa shape index (κ2) is 8.81. The van der Waals surface area contributed by atoms with E-state index in [0.717, 1.165) is 58.6 Å². The van der Waals surface area contributed by atoms with Crippen molar-refractivity contribution in [2.75, 3.05) is 25.1 Å². The van der Waals surface area contributed by atoms with E-state index in [1.165, 1.54) is 0 Å². The van der Waals surface area contributed by atoms with Gasteiger partial charge in [0.05, 0.1) is 12.7 Å². The molecule has 0 saturated carbocycles. The minimum absolute atomic E-state index is 0.316. The molecule has 0 amide bonds. The molecule has 35 heavy (non-hydrogen) atoms. The lowest BCUT2D eigenvalue weighted by atomic mass is 9.78. The zero-order valence-electron chi connectivity index (χ0n) is 21.1. The summed E-state index contributed by atoms with van der Waals surface area (Å²) >= 11 is 0. The van der Waals surface area contributed by atoms with Gasteiger partial charge in [0.1, 0.15) is 5.75 Å². The monoisotopic (exact) mass is 468 g/mol. The number of nitrogens with zero attached hydrogens (tertiary/aromatic N) is 2. The molecule has 0 saturated heterocycles. The van der Waals surface area contributed by atoms with Gasteiger partial charge >= 0.3 is 5.97 Å². The summed E-state index contributed by atoms with van der Waals surface area (Å²) in [5, 5.41) is 1.08. The van der Waals surface area contributed by atoms with Crippen molar-refractivity contribution in [3.8, 4) is 5.75 Å². The zero-order chi connectivity index (χ0) is 24.7. The van der Waals surface area contributed by atoms with Crippen molar-refractivity contribution < 1.29 is 14.3 Å². The lowest BCUT2D eigenvalue weighted by Crippen LogP contribution is -2.31. The van der Waals surface area contributed by atoms with Gasteiger partial charge in [0.25, 0.3) is 0 Å². The minimum atomic E-state index is -1.12. The lowest BCUT2D eigenvalue weighted by Gasteiger charge is -2.33. The Balaban J connectivity index is 1.90. The Labute approximate surface area is 206 Å². The Hall–Kier alpha value is -3.73. The number of anilines is 1. The fourth-order valence-corrected chi connectivity index (χ4v) is 5.78. The summed E-state index contributed by atoms with van der Waals surface area (Å²) in [6, 6.07) is 22.3. The molecule has 4 aromatic rings. The normalized spacial score (nSPS) is 16.9. The highest BCUT2D eigenvalue weighted by Crippen LogP contribution is 2.53. The van der Waals surface area contributed by atoms with Crippen LogP contribution in [0.25, 0.3) is 10.9 Å². The first-order valence-electron chi connectivity index (χ1n) is 12.4. The van der Waals surface area contributed by atoms with Crippen LogP contribution in [-0.2, 0) is 16.9 Å². The number of benzene rings is 3. The van der Waals surface area contributed by atoms with Gasteiger partial charge in [0.2, 0.25) is 0 Å². The molecule has 2 heterocycles. The highest BCUT2D eigenvalue weighted by Gasteiger charge is 2.52. The standard InChI is InChI=1S/C30H32N2O3/c1-6-31(7-2)21-17-18-25(27(19-21)34-5)30(24-15-11-9-13-22(24)29(33)35-30)28-20(4)32(8-3)26-16-12-10-14-23(26)28/h9-19H,6-8H2,1-5H3. The van der Waals surface area contributed by atoms with E-state index >= 15 is 0 Å². The van der Waals surface area contributed by atoms with E-state index in [2.05, 4.69) is 73.6 Å². The molecule has 5 nitrogen and oxygen atoms in total. The summed E-state index contributed by atoms with van der Waals surface area (Å²) in [6.07, 6.45) is 0. The second-order valence-electron chi connectivity index (χ2n) is 8.89. The molecule has 5 heteroatoms. The first kappa shape index (κ1) is 23.0. The van der Waals surface area contributed by atoms with Crippen LogP contribution >= 0.6 is 0 Å². The molecule has 1 aliphatic heterocycles. The van der Waals surface area contributed by atoms with Gasteiger partial charge in [0.15, 0.2) is 5.60 Å². The highest BCUT2D eigenvalue weighted by molar-refractivity contribution is 5.99. The van der Waals surface area contributed by atoms with Crippen molar-refractivity contribution in [1.29, 1.82) is 0 Å². The van der Waals surface area contributed by atoms with Crippen molar-refractivity contribution in [3.05, 3.63) is 94.7 Å². The third-order valence-corrected chi connectivity index (χ3v) is 7.36. The molecular weight excluding hydrogens is 436 g/mol. The fourth-order valence-electron chi connectivity index (χ4n) is 5.78. The number of fused-ring (bicyclic) bond motifs is 2. The average molecular weight is 469 g/mol. The summed E-state index contributed by atoms with van der Waals surface area (Å²) in [7, 11) is 1.68. The Morgan fingerprint density at radius 1 is 0.943 bits per heavy atom. The number of esters is 1. The van der Waals surface area contributed by atoms with E-state index in [1.807, 2.05) is 30.3 Å². The Bertz CT molecular complexity index is 1420. The maximum absolute atomic E-state index is 13.3. The van der Waals surface area contributed by atoms with Gasteiger partial charge < -0.3 is 18.9 Å². The highest BCUT2D eigenvalue weighted by atomic mass is 16.6. The number of aryl methyl sites for hydroxylation is 1. The zero-order valence-corrected chi connectivity index (χ0v) is 21.1. The summed E-state index contributed by atoms with van der Waals surface area (Å²) < 4.78 is 14.8. The van der Waals surface area contributed by atoms with Gasteiger partial charge in [0, 0.05) is 64.7 Å². The van der Waals surface area contributed by atoms with Crippen LogP contribution in [0.2, 0.25) is 0 Å². The smallest absolute Gasteiger partial charge is 0.340 e. The SMILES string of the molecule is CCN(CC)c1ccc(C2(c3c(C)n(CC)c4ccccc34)OC(=O)c3ccccc32)c(OC)c1. The predicted molar refractivity (Wildman–Crippen MR) is 141 cm³/mol. The molecule has 1 unspecified atom stereocenters. The number of hydrogen-bond acceptors (Lipinski definition) is 4. The molecule has 180 valence electrons. The van der Waals surface area contributed by atoms with Crippen molar-refractivity contribution in [2.45, 2.75) is 39.8 Å². The number of aromatic nitrogens is 1. The summed E-state index contributed by atoms with van der Waals surface area (Å²) in [5.41, 5.74) is 5.42. The van der Waals surface area contributed by atoms with Crippen LogP contribution in [0.3, 0.4) is 0 Å². The van der Waals surface area contributed by atoms with Gasteiger partial charge in [-0.2, -0.15) is 0 Å². The molecule has 0 aliphatic carbocycles. The topological polar surface area (TPSA) is 43.7 Å². The van der Waals surface area contributed by atoms with Crippen LogP contribution in [0.5, 0.6) is 5.75 Å². The quantitative estimate of drug-likeness (QED) is 0.299. The van der Waals surface area contributed by atoms with E-state index in [1.54, 1.807) is 7.11 Å². The Morgan fingerprint density at radius 3 is 2.37 bits per heavy atom. The van der Waals surface area contributed by atoms with E-state index in [-0.39, 0.29) is 5.97 Å². The number of carbonyl (C=O) groups is 1. The number of carbonyl (C=O) groups excluding carboxylic acids is 1. The first-order chi connectivity index (χ1) is 17.0. The molecule has 3 aromatic carbocycles. The van der Waals surface area contributed by atoms with Crippen LogP contribution in [0.4, 0.5) is 5.69 Å². The van der Waals surface area contributed by atoms with Gasteiger partial charge in [-0.25, -0.2) is 4.79 Å². The third kappa shape index (κ3) is 3.25. The van der Waals surface area contributed by atoms with Crippen LogP contribution in [0.1, 0.15) is 53.5 Å². The number of cyclic esters (lactones) is 1. The van der Waals surface area contributed by atoms with Gasteiger partial charge in [-0.15, -0.1) is 0 Å². The molecule has 0 fully saturated rings. The molecule has 5 rings (SSSR count). The number of hydrogen-bond donors (Lipinski definition) is 0. The Kier molecular flexibility index (Phi) is 5.79. The molecule has 1 aliphatic rings. The van der Waals surface area contributed by atoms with Gasteiger partial charge in [-0.3, -0.25) is 0 Å². The molecular formula is C30H32N2O3. The maximum Gasteiger partial charge on any atom is 0.340 e. The molecule has 0 bridgehead atoms. The van der Waals surface area contributed by atoms with Crippen LogP contribution in [0.15, 0.2) is 66.7 Å². The first-order valence-corrected chi connectivity index (χ1v) is 12.4. The number of rotatable bonds is 7. The average Bonchev–Trinajstić information content (AvgIpc) is 3.35. The van der Waals surface area contributed by atoms with E-state index in [0.29, 0.717) is 11.3 Å². The van der Waals surface area contributed by atoms with E-state index in [9.17, 15) is 4.79 Å². The summed E-state index contributed by atoms with van der Waals surface area (Å²) in [4.78, 5) is 15.6. The van der Waals surface area contributed by atoms with Gasteiger partial charge in [-0.1, -0.05) is 36.4 Å². The van der Waals surface area contributed by atoms with E-state index < -0.39 is 5.60 Å². The lowest BCUT2D eigenvalue weighted by molar-refractivity contribution is 0.0247. The van der Waals surface area contributed by atoms with Crippen LogP contribution < -0.4 is 9.64 Å². The fraction of sp³-hybridized carbons (Fsp3) is 0.300. The van der Waals surface area contributed by atoms with Crippen molar-refractivity contribution in [2.24, 2.45) is 0 Å². The van der Waals surface area contributed by atoms with E-state index in [4.69, 9.17) is 9.47 Å². The van der Waals surface area contributed by atoms with Crippen molar-refractivity contribution in [1.82, 2.24) is 4.57 Å². The number of ether oxygens (including phenoxy) is 2. The summed E-state index contributed by atoms with van der Waals surface area (Å²) in [6.45, 7) is 11.1. The Morgan fingerprint density at radius 2 is 1.66 bits per heavy atom. The predicted octanol–water partition coefficient (Wildman–Crippen LogP) is 6.29. The summed E-state index contributed by atoms with van der Waals surface area (Å²) in [5.74, 6) is 0.384. The van der Waals surface area contributed by atoms with Crippen LogP contribution in [0, 0.1) is 6.92 Å². The molecule has 0 radical (unpaired) electrons. The number of methoxy groups -OCH3 is 1. The third-order valence-electron chi connectivity index (χ3n) is 7.36. The number of para-hydroxylation sites is 1. The molecule has 0 N–H and O–H groups in total. The van der Waals surface area contributed by atoms with Crippen molar-refractivity contribution in [3.63, 3.8) is 0 Å². The maximum atomic E-state index is 13.3. The molecule has 1 atom stereocenters. The van der Waals surface area contributed by atoms with Crippen LogP contribution in [-0.4, -0.2) is 30.7 Å². The van der Waals surface area contributed by atoms with Gasteiger partial charge in [-0.05, 0) is 52.0 Å². The van der Waals surface area contributed by atoms with Crippen molar-refractivity contribution >= 4 is 22.6 Å². The molecule has 1 aromatic heterocycles. The minimum Gasteiger partial charge on any atom is -0.496 e. The largest absolute Gasteiger partial charge is 0.496 e. The second-order valence-corrected chi connectivity index (χ2v) is 8.89.